The number of pyridine rings is 1. The molecule has 5 rings (SSSR count). The van der Waals surface area contributed by atoms with E-state index in [1.54, 1.807) is 0 Å². The first-order valence-corrected chi connectivity index (χ1v) is 11.3. The predicted molar refractivity (Wildman–Crippen MR) is 133 cm³/mol. The number of hydrogen-bond acceptors (Lipinski definition) is 2. The van der Waals surface area contributed by atoms with Gasteiger partial charge in [-0.2, -0.15) is 0 Å². The molecule has 0 spiro atoms. The fourth-order valence-electron chi connectivity index (χ4n) is 4.60. The number of hydrogen-bond donors (Lipinski definition) is 0. The molecule has 2 heterocycles. The van der Waals surface area contributed by atoms with Crippen LogP contribution in [0.5, 0.6) is 0 Å². The first-order chi connectivity index (χ1) is 15.7. The van der Waals surface area contributed by atoms with Crippen molar-refractivity contribution in [1.29, 1.82) is 0 Å². The van der Waals surface area contributed by atoms with Crippen molar-refractivity contribution in [1.82, 2.24) is 9.55 Å². The standard InChI is InChI=1S/C28H27N3O/c1-3-9-28(32)31(22-17-21-10-5-7-12-25(21)29-18-22)19-20-14-15-27-24(16-20)23-11-6-8-13-26(23)30(27)4-2/h5-8,10-18H,3-4,9,19H2,1-2H3. The second-order valence-electron chi connectivity index (χ2n) is 8.23. The van der Waals surface area contributed by atoms with E-state index in [9.17, 15) is 4.79 Å². The summed E-state index contributed by atoms with van der Waals surface area (Å²) < 4.78 is 2.35. The van der Waals surface area contributed by atoms with Crippen LogP contribution in [0.4, 0.5) is 5.69 Å². The minimum Gasteiger partial charge on any atom is -0.341 e. The molecule has 2 aromatic heterocycles. The number of carbonyl (C=O) groups excluding carboxylic acids is 1. The number of rotatable bonds is 6. The van der Waals surface area contributed by atoms with Gasteiger partial charge in [-0.15, -0.1) is 0 Å². The molecule has 0 radical (unpaired) electrons. The first-order valence-electron chi connectivity index (χ1n) is 11.3. The van der Waals surface area contributed by atoms with E-state index in [0.29, 0.717) is 13.0 Å². The van der Waals surface area contributed by atoms with Crippen LogP contribution >= 0.6 is 0 Å². The Morgan fingerprint density at radius 3 is 2.53 bits per heavy atom. The fraction of sp³-hybridized carbons (Fsp3) is 0.214. The molecule has 0 N–H and O–H groups in total. The predicted octanol–water partition coefficient (Wildman–Crippen LogP) is 6.70. The third-order valence-electron chi connectivity index (χ3n) is 6.15. The molecule has 3 aromatic carbocycles. The smallest absolute Gasteiger partial charge is 0.227 e. The monoisotopic (exact) mass is 421 g/mol. The van der Waals surface area contributed by atoms with Crippen molar-refractivity contribution < 1.29 is 4.79 Å². The van der Waals surface area contributed by atoms with E-state index in [2.05, 4.69) is 65.0 Å². The largest absolute Gasteiger partial charge is 0.341 e. The summed E-state index contributed by atoms with van der Waals surface area (Å²) in [7, 11) is 0. The molecule has 0 bridgehead atoms. The quantitative estimate of drug-likeness (QED) is 0.306. The number of benzene rings is 3. The Labute approximate surface area is 188 Å². The SMILES string of the molecule is CCCC(=O)N(Cc1ccc2c(c1)c1ccccc1n2CC)c1cnc2ccccc2c1. The number of nitrogens with zero attached hydrogens (tertiary/aromatic N) is 3. The van der Waals surface area contributed by atoms with Crippen molar-refractivity contribution in [2.75, 3.05) is 4.90 Å². The average molecular weight is 422 g/mol. The van der Waals surface area contributed by atoms with Crippen molar-refractivity contribution in [3.05, 3.63) is 84.6 Å². The van der Waals surface area contributed by atoms with Crippen LogP contribution < -0.4 is 4.90 Å². The lowest BCUT2D eigenvalue weighted by Gasteiger charge is -2.23. The van der Waals surface area contributed by atoms with Crippen LogP contribution in [0.3, 0.4) is 0 Å². The van der Waals surface area contributed by atoms with Gasteiger partial charge in [0.1, 0.15) is 0 Å². The number of aromatic nitrogens is 2. The van der Waals surface area contributed by atoms with Crippen LogP contribution in [0, 0.1) is 0 Å². The van der Waals surface area contributed by atoms with E-state index in [1.807, 2.05) is 42.3 Å². The van der Waals surface area contributed by atoms with Crippen LogP contribution in [0.1, 0.15) is 32.3 Å². The summed E-state index contributed by atoms with van der Waals surface area (Å²) in [5.74, 6) is 0.126. The Morgan fingerprint density at radius 1 is 0.906 bits per heavy atom. The highest BCUT2D eigenvalue weighted by Crippen LogP contribution is 2.31. The van der Waals surface area contributed by atoms with E-state index in [-0.39, 0.29) is 5.91 Å². The lowest BCUT2D eigenvalue weighted by Crippen LogP contribution is -2.30. The highest BCUT2D eigenvalue weighted by molar-refractivity contribution is 6.08. The molecule has 0 fully saturated rings. The molecular formula is C28H27N3O. The van der Waals surface area contributed by atoms with Gasteiger partial charge in [-0.3, -0.25) is 9.78 Å². The molecule has 0 unspecified atom stereocenters. The van der Waals surface area contributed by atoms with Crippen LogP contribution in [0.25, 0.3) is 32.7 Å². The van der Waals surface area contributed by atoms with E-state index in [0.717, 1.165) is 35.1 Å². The Kier molecular flexibility index (Phi) is 5.36. The van der Waals surface area contributed by atoms with Crippen LogP contribution in [-0.2, 0) is 17.9 Å². The minimum atomic E-state index is 0.126. The summed E-state index contributed by atoms with van der Waals surface area (Å²) in [5, 5.41) is 3.53. The van der Waals surface area contributed by atoms with Crippen molar-refractivity contribution in [3.8, 4) is 0 Å². The number of para-hydroxylation sites is 2. The molecule has 0 atom stereocenters. The van der Waals surface area contributed by atoms with Gasteiger partial charge in [0.2, 0.25) is 5.91 Å². The van der Waals surface area contributed by atoms with E-state index in [4.69, 9.17) is 0 Å². The van der Waals surface area contributed by atoms with Gasteiger partial charge in [0.25, 0.3) is 0 Å². The third kappa shape index (κ3) is 3.52. The number of aryl methyl sites for hydroxylation is 1. The van der Waals surface area contributed by atoms with E-state index >= 15 is 0 Å². The topological polar surface area (TPSA) is 38.1 Å². The first kappa shape index (κ1) is 20.3. The fourth-order valence-corrected chi connectivity index (χ4v) is 4.60. The average Bonchev–Trinajstić information content (AvgIpc) is 3.15. The zero-order chi connectivity index (χ0) is 22.1. The van der Waals surface area contributed by atoms with Crippen molar-refractivity contribution in [2.24, 2.45) is 0 Å². The Balaban J connectivity index is 1.58. The molecule has 4 heteroatoms. The number of carbonyl (C=O) groups is 1. The molecule has 1 amide bonds. The maximum absolute atomic E-state index is 13.1. The maximum atomic E-state index is 13.1. The molecule has 0 aliphatic carbocycles. The summed E-state index contributed by atoms with van der Waals surface area (Å²) in [6, 6.07) is 25.2. The van der Waals surface area contributed by atoms with Gasteiger partial charge in [-0.05, 0) is 49.2 Å². The van der Waals surface area contributed by atoms with Crippen LogP contribution in [0.2, 0.25) is 0 Å². The summed E-state index contributed by atoms with van der Waals surface area (Å²) >= 11 is 0. The van der Waals surface area contributed by atoms with Crippen molar-refractivity contribution >= 4 is 44.3 Å². The second kappa shape index (κ2) is 8.46. The maximum Gasteiger partial charge on any atom is 0.227 e. The Bertz CT molecular complexity index is 1430. The zero-order valence-electron chi connectivity index (χ0n) is 18.6. The lowest BCUT2D eigenvalue weighted by atomic mass is 10.1. The van der Waals surface area contributed by atoms with E-state index in [1.165, 1.54) is 21.8 Å². The van der Waals surface area contributed by atoms with Crippen molar-refractivity contribution in [2.45, 2.75) is 39.8 Å². The molecule has 32 heavy (non-hydrogen) atoms. The summed E-state index contributed by atoms with van der Waals surface area (Å²) in [5.41, 5.74) is 5.39. The zero-order valence-corrected chi connectivity index (χ0v) is 18.6. The van der Waals surface area contributed by atoms with Gasteiger partial charge in [-0.1, -0.05) is 49.4 Å². The van der Waals surface area contributed by atoms with Gasteiger partial charge >= 0.3 is 0 Å². The van der Waals surface area contributed by atoms with Gasteiger partial charge < -0.3 is 9.47 Å². The molecule has 160 valence electrons. The van der Waals surface area contributed by atoms with Crippen LogP contribution in [-0.4, -0.2) is 15.5 Å². The summed E-state index contributed by atoms with van der Waals surface area (Å²) in [4.78, 5) is 19.6. The molecular weight excluding hydrogens is 394 g/mol. The summed E-state index contributed by atoms with van der Waals surface area (Å²) in [6.07, 6.45) is 3.15. The Hall–Kier alpha value is -3.66. The summed E-state index contributed by atoms with van der Waals surface area (Å²) in [6.45, 7) is 5.67. The second-order valence-corrected chi connectivity index (χ2v) is 8.23. The van der Waals surface area contributed by atoms with Crippen molar-refractivity contribution in [3.63, 3.8) is 0 Å². The van der Waals surface area contributed by atoms with Gasteiger partial charge in [0.15, 0.2) is 0 Å². The molecule has 0 saturated carbocycles. The van der Waals surface area contributed by atoms with E-state index < -0.39 is 0 Å². The number of amides is 1. The van der Waals surface area contributed by atoms with Gasteiger partial charge in [-0.25, -0.2) is 0 Å². The van der Waals surface area contributed by atoms with Crippen LogP contribution in [0.15, 0.2) is 79.0 Å². The normalized spacial score (nSPS) is 11.4. The molecule has 4 nitrogen and oxygen atoms in total. The third-order valence-corrected chi connectivity index (χ3v) is 6.15. The highest BCUT2D eigenvalue weighted by Gasteiger charge is 2.18. The minimum absolute atomic E-state index is 0.126. The lowest BCUT2D eigenvalue weighted by molar-refractivity contribution is -0.118. The molecule has 0 aliphatic heterocycles. The Morgan fingerprint density at radius 2 is 1.69 bits per heavy atom. The molecule has 0 saturated heterocycles. The number of fused-ring (bicyclic) bond motifs is 4. The molecule has 5 aromatic rings. The number of anilines is 1. The van der Waals surface area contributed by atoms with Gasteiger partial charge in [0.05, 0.1) is 23.9 Å². The molecule has 0 aliphatic rings. The van der Waals surface area contributed by atoms with Gasteiger partial charge in [0, 0.05) is 40.2 Å². The highest BCUT2D eigenvalue weighted by atomic mass is 16.2.